The van der Waals surface area contributed by atoms with E-state index in [-0.39, 0.29) is 11.1 Å². The Bertz CT molecular complexity index is 500. The molecule has 0 bridgehead atoms. The predicted octanol–water partition coefficient (Wildman–Crippen LogP) is 0.449. The Morgan fingerprint density at radius 2 is 2.12 bits per heavy atom. The first-order valence-corrected chi connectivity index (χ1v) is 4.24. The molecule has 16 heavy (non-hydrogen) atoms. The molecule has 5 heteroatoms. The van der Waals surface area contributed by atoms with Gasteiger partial charge in [0.2, 0.25) is 0 Å². The summed E-state index contributed by atoms with van der Waals surface area (Å²) in [7, 11) is 1.14. The van der Waals surface area contributed by atoms with Gasteiger partial charge in [-0.05, 0) is 12.1 Å². The molecule has 1 aromatic rings. The van der Waals surface area contributed by atoms with E-state index >= 15 is 0 Å². The number of benzene rings is 1. The normalized spacial score (nSPS) is 8.88. The van der Waals surface area contributed by atoms with Crippen molar-refractivity contribution >= 4 is 11.9 Å². The molecule has 0 unspecified atom stereocenters. The number of rotatable bonds is 1. The molecule has 0 saturated heterocycles. The van der Waals surface area contributed by atoms with Gasteiger partial charge in [-0.1, -0.05) is 12.0 Å². The minimum atomic E-state index is -0.872. The molecule has 0 radical (unpaired) electrons. The highest BCUT2D eigenvalue weighted by molar-refractivity contribution is 5.93. The molecule has 1 rings (SSSR count). The SMILES string of the molecule is COC(=O)c1cccc(C#CC(N)=O)c1F. The summed E-state index contributed by atoms with van der Waals surface area (Å²) in [5, 5.41) is 0. The Balaban J connectivity index is 3.20. The Labute approximate surface area is 91.2 Å². The second kappa shape index (κ2) is 4.94. The van der Waals surface area contributed by atoms with Crippen molar-refractivity contribution in [1.82, 2.24) is 0 Å². The van der Waals surface area contributed by atoms with Crippen LogP contribution in [0.4, 0.5) is 4.39 Å². The first-order chi connectivity index (χ1) is 7.56. The van der Waals surface area contributed by atoms with E-state index in [9.17, 15) is 14.0 Å². The van der Waals surface area contributed by atoms with E-state index in [1.165, 1.54) is 18.2 Å². The van der Waals surface area contributed by atoms with E-state index in [1.54, 1.807) is 0 Å². The molecule has 0 spiro atoms. The van der Waals surface area contributed by atoms with Gasteiger partial charge >= 0.3 is 5.97 Å². The van der Waals surface area contributed by atoms with Crippen molar-refractivity contribution in [2.75, 3.05) is 7.11 Å². The van der Waals surface area contributed by atoms with Gasteiger partial charge in [-0.15, -0.1) is 0 Å². The highest BCUT2D eigenvalue weighted by atomic mass is 19.1. The Hall–Kier alpha value is -2.35. The average molecular weight is 221 g/mol. The van der Waals surface area contributed by atoms with Crippen molar-refractivity contribution in [2.45, 2.75) is 0 Å². The lowest BCUT2D eigenvalue weighted by Gasteiger charge is -2.01. The zero-order chi connectivity index (χ0) is 12.1. The lowest BCUT2D eigenvalue weighted by molar-refractivity contribution is -0.112. The van der Waals surface area contributed by atoms with E-state index < -0.39 is 17.7 Å². The van der Waals surface area contributed by atoms with E-state index in [4.69, 9.17) is 5.73 Å². The lowest BCUT2D eigenvalue weighted by atomic mass is 10.1. The van der Waals surface area contributed by atoms with Crippen LogP contribution in [0.5, 0.6) is 0 Å². The lowest BCUT2D eigenvalue weighted by Crippen LogP contribution is -2.07. The Morgan fingerprint density at radius 3 is 2.69 bits per heavy atom. The van der Waals surface area contributed by atoms with Crippen molar-refractivity contribution in [3.63, 3.8) is 0 Å². The van der Waals surface area contributed by atoms with Crippen LogP contribution in [-0.4, -0.2) is 19.0 Å². The number of hydrogen-bond acceptors (Lipinski definition) is 3. The summed E-state index contributed by atoms with van der Waals surface area (Å²) in [6.07, 6.45) is 0. The number of halogens is 1. The van der Waals surface area contributed by atoms with Crippen LogP contribution in [0.1, 0.15) is 15.9 Å². The fourth-order valence-corrected chi connectivity index (χ4v) is 1.03. The number of amides is 1. The van der Waals surface area contributed by atoms with Gasteiger partial charge < -0.3 is 10.5 Å². The number of carbonyl (C=O) groups is 2. The van der Waals surface area contributed by atoms with Crippen LogP contribution >= 0.6 is 0 Å². The third kappa shape index (κ3) is 2.58. The molecule has 0 aliphatic heterocycles. The minimum absolute atomic E-state index is 0.0818. The van der Waals surface area contributed by atoms with Crippen LogP contribution in [0.3, 0.4) is 0 Å². The van der Waals surface area contributed by atoms with Crippen molar-refractivity contribution in [1.29, 1.82) is 0 Å². The molecular weight excluding hydrogens is 213 g/mol. The fraction of sp³-hybridized carbons (Fsp3) is 0.0909. The van der Waals surface area contributed by atoms with Crippen LogP contribution in [0.15, 0.2) is 18.2 Å². The second-order valence-electron chi connectivity index (χ2n) is 2.77. The van der Waals surface area contributed by atoms with Gasteiger partial charge in [-0.25, -0.2) is 9.18 Å². The predicted molar refractivity (Wildman–Crippen MR) is 53.8 cm³/mol. The van der Waals surface area contributed by atoms with Gasteiger partial charge in [0.1, 0.15) is 0 Å². The van der Waals surface area contributed by atoms with Crippen LogP contribution in [0.2, 0.25) is 0 Å². The Kier molecular flexibility index (Phi) is 3.62. The summed E-state index contributed by atoms with van der Waals surface area (Å²) in [6.45, 7) is 0. The molecule has 0 fully saturated rings. The van der Waals surface area contributed by atoms with Gasteiger partial charge in [0.15, 0.2) is 5.82 Å². The zero-order valence-electron chi connectivity index (χ0n) is 8.41. The van der Waals surface area contributed by atoms with Crippen molar-refractivity contribution < 1.29 is 18.7 Å². The molecule has 0 aliphatic rings. The van der Waals surface area contributed by atoms with E-state index in [1.807, 2.05) is 5.92 Å². The third-order valence-corrected chi connectivity index (χ3v) is 1.72. The van der Waals surface area contributed by atoms with Crippen LogP contribution in [0, 0.1) is 17.7 Å². The molecule has 0 aromatic heterocycles. The molecule has 82 valence electrons. The maximum Gasteiger partial charge on any atom is 0.340 e. The van der Waals surface area contributed by atoms with Gasteiger partial charge in [0.25, 0.3) is 5.91 Å². The number of primary amides is 1. The standard InChI is InChI=1S/C11H8FNO3/c1-16-11(15)8-4-2-3-7(10(8)12)5-6-9(13)14/h2-4H,1H3,(H2,13,14). The molecule has 2 N–H and O–H groups in total. The molecular formula is C11H8FNO3. The van der Waals surface area contributed by atoms with Crippen molar-refractivity contribution in [3.05, 3.63) is 35.1 Å². The Morgan fingerprint density at radius 1 is 1.44 bits per heavy atom. The third-order valence-electron chi connectivity index (χ3n) is 1.72. The minimum Gasteiger partial charge on any atom is -0.465 e. The average Bonchev–Trinajstić information content (AvgIpc) is 2.26. The summed E-state index contributed by atoms with van der Waals surface area (Å²) < 4.78 is 18.0. The van der Waals surface area contributed by atoms with E-state index in [0.29, 0.717) is 0 Å². The summed E-state index contributed by atoms with van der Waals surface area (Å²) in [4.78, 5) is 21.5. The number of ether oxygens (including phenoxy) is 1. The number of methoxy groups -OCH3 is 1. The van der Waals surface area contributed by atoms with Crippen LogP contribution in [0.25, 0.3) is 0 Å². The first kappa shape index (κ1) is 11.7. The zero-order valence-corrected chi connectivity index (χ0v) is 8.41. The number of esters is 1. The quantitative estimate of drug-likeness (QED) is 0.553. The summed E-state index contributed by atoms with van der Waals surface area (Å²) in [5.74, 6) is 1.70. The van der Waals surface area contributed by atoms with Crippen molar-refractivity contribution in [2.24, 2.45) is 5.73 Å². The monoisotopic (exact) mass is 221 g/mol. The number of hydrogen-bond donors (Lipinski definition) is 1. The first-order valence-electron chi connectivity index (χ1n) is 4.24. The maximum absolute atomic E-state index is 13.6. The fourth-order valence-electron chi connectivity index (χ4n) is 1.03. The van der Waals surface area contributed by atoms with Gasteiger partial charge in [-0.2, -0.15) is 0 Å². The van der Waals surface area contributed by atoms with E-state index in [0.717, 1.165) is 7.11 Å². The summed E-state index contributed by atoms with van der Waals surface area (Å²) in [6, 6.07) is 4.02. The van der Waals surface area contributed by atoms with Gasteiger partial charge in [0, 0.05) is 5.92 Å². The molecule has 0 saturated carbocycles. The molecule has 4 nitrogen and oxygen atoms in total. The highest BCUT2D eigenvalue weighted by Gasteiger charge is 2.13. The van der Waals surface area contributed by atoms with Gasteiger partial charge in [0.05, 0.1) is 18.2 Å². The second-order valence-corrected chi connectivity index (χ2v) is 2.77. The molecule has 0 atom stereocenters. The van der Waals surface area contributed by atoms with Gasteiger partial charge in [-0.3, -0.25) is 4.79 Å². The largest absolute Gasteiger partial charge is 0.465 e. The summed E-state index contributed by atoms with van der Waals surface area (Å²) in [5.41, 5.74) is 4.47. The van der Waals surface area contributed by atoms with Crippen LogP contribution in [-0.2, 0) is 9.53 Å². The molecule has 0 heterocycles. The summed E-state index contributed by atoms with van der Waals surface area (Å²) >= 11 is 0. The smallest absolute Gasteiger partial charge is 0.340 e. The topological polar surface area (TPSA) is 69.4 Å². The highest BCUT2D eigenvalue weighted by Crippen LogP contribution is 2.12. The maximum atomic E-state index is 13.6. The van der Waals surface area contributed by atoms with Crippen molar-refractivity contribution in [3.8, 4) is 11.8 Å². The molecule has 0 aliphatic carbocycles. The molecule has 1 aromatic carbocycles. The van der Waals surface area contributed by atoms with Crippen LogP contribution < -0.4 is 5.73 Å². The number of carbonyl (C=O) groups excluding carboxylic acids is 2. The van der Waals surface area contributed by atoms with E-state index in [2.05, 4.69) is 10.7 Å². The molecule has 1 amide bonds. The number of nitrogens with two attached hydrogens (primary N) is 1.